The van der Waals surface area contributed by atoms with Crippen LogP contribution < -0.4 is 4.74 Å². The molecule has 0 N–H and O–H groups in total. The van der Waals surface area contributed by atoms with Crippen molar-refractivity contribution in [2.45, 2.75) is 58.7 Å². The summed E-state index contributed by atoms with van der Waals surface area (Å²) >= 11 is 6.01. The summed E-state index contributed by atoms with van der Waals surface area (Å²) in [5.74, 6) is 0.806. The monoisotopic (exact) mass is 442 g/mol. The molecule has 6 heteroatoms. The van der Waals surface area contributed by atoms with Crippen LogP contribution in [0.25, 0.3) is 5.57 Å². The van der Waals surface area contributed by atoms with Gasteiger partial charge in [0.25, 0.3) is 0 Å². The first-order chi connectivity index (χ1) is 14.6. The van der Waals surface area contributed by atoms with Crippen molar-refractivity contribution in [3.05, 3.63) is 65.0 Å². The highest BCUT2D eigenvalue weighted by Gasteiger charge is 2.30. The highest BCUT2D eigenvalue weighted by Crippen LogP contribution is 2.36. The largest absolute Gasteiger partial charge is 0.481 e. The number of hydrogen-bond donors (Lipinski definition) is 0. The Balaban J connectivity index is 1.81. The van der Waals surface area contributed by atoms with Crippen molar-refractivity contribution < 1.29 is 14.3 Å². The van der Waals surface area contributed by atoms with Crippen molar-refractivity contribution in [1.29, 1.82) is 0 Å². The number of aromatic nitrogens is 1. The van der Waals surface area contributed by atoms with E-state index in [9.17, 15) is 4.79 Å². The average Bonchev–Trinajstić information content (AvgIpc) is 2.73. The number of halogens is 1. The highest BCUT2D eigenvalue weighted by atomic mass is 35.5. The van der Waals surface area contributed by atoms with Crippen LogP contribution in [0, 0.1) is 0 Å². The molecule has 0 bridgehead atoms. The number of hydrogen-bond acceptors (Lipinski definition) is 4. The lowest BCUT2D eigenvalue weighted by atomic mass is 9.96. The molecule has 0 aliphatic carbocycles. The number of benzene rings is 1. The zero-order chi connectivity index (χ0) is 22.6. The number of carbonyl (C=O) groups excluding carboxylic acids is 1. The lowest BCUT2D eigenvalue weighted by Gasteiger charge is -2.32. The van der Waals surface area contributed by atoms with Gasteiger partial charge in [0.05, 0.1) is 10.7 Å². The summed E-state index contributed by atoms with van der Waals surface area (Å²) in [5, 5.41) is 0.601. The molecule has 31 heavy (non-hydrogen) atoms. The van der Waals surface area contributed by atoms with Crippen molar-refractivity contribution in [3.63, 3.8) is 0 Å². The van der Waals surface area contributed by atoms with Gasteiger partial charge >= 0.3 is 6.09 Å². The quantitative estimate of drug-likeness (QED) is 0.532. The SMILES string of the molecule is CC[C@@](C)(Oc1ccccc1C1=CCN(C(=O)OC(C)(C)C)CC1)c1ccc(Cl)cn1. The molecule has 5 nitrogen and oxygen atoms in total. The lowest BCUT2D eigenvalue weighted by molar-refractivity contribution is 0.0270. The first kappa shape index (κ1) is 23.1. The van der Waals surface area contributed by atoms with E-state index in [1.165, 1.54) is 0 Å². The topological polar surface area (TPSA) is 51.7 Å². The fourth-order valence-electron chi connectivity index (χ4n) is 3.46. The number of nitrogens with zero attached hydrogens (tertiary/aromatic N) is 2. The number of rotatable bonds is 5. The zero-order valence-corrected chi connectivity index (χ0v) is 19.7. The molecule has 0 fully saturated rings. The number of amides is 1. The predicted molar refractivity (Wildman–Crippen MR) is 124 cm³/mol. The van der Waals surface area contributed by atoms with Gasteiger partial charge in [0.2, 0.25) is 0 Å². The maximum Gasteiger partial charge on any atom is 0.410 e. The van der Waals surface area contributed by atoms with Gasteiger partial charge in [-0.3, -0.25) is 4.98 Å². The van der Waals surface area contributed by atoms with Crippen LogP contribution >= 0.6 is 11.6 Å². The summed E-state index contributed by atoms with van der Waals surface area (Å²) in [6, 6.07) is 11.8. The van der Waals surface area contributed by atoms with E-state index in [4.69, 9.17) is 21.1 Å². The molecule has 1 atom stereocenters. The molecule has 1 aromatic heterocycles. The maximum atomic E-state index is 12.4. The van der Waals surface area contributed by atoms with Gasteiger partial charge in [0.15, 0.2) is 0 Å². The summed E-state index contributed by atoms with van der Waals surface area (Å²) in [4.78, 5) is 18.6. The Morgan fingerprint density at radius 3 is 2.48 bits per heavy atom. The second kappa shape index (κ2) is 9.31. The summed E-state index contributed by atoms with van der Waals surface area (Å²) in [5.41, 5.74) is 1.96. The van der Waals surface area contributed by atoms with E-state index in [-0.39, 0.29) is 6.09 Å². The van der Waals surface area contributed by atoms with Crippen molar-refractivity contribution in [2.75, 3.05) is 13.1 Å². The molecule has 0 saturated heterocycles. The van der Waals surface area contributed by atoms with Crippen LogP contribution in [0.5, 0.6) is 5.75 Å². The van der Waals surface area contributed by atoms with Gasteiger partial charge in [-0.2, -0.15) is 0 Å². The van der Waals surface area contributed by atoms with Crippen LogP contribution in [0.2, 0.25) is 5.02 Å². The minimum Gasteiger partial charge on any atom is -0.481 e. The number of pyridine rings is 1. The minimum absolute atomic E-state index is 0.278. The zero-order valence-electron chi connectivity index (χ0n) is 18.9. The van der Waals surface area contributed by atoms with E-state index in [2.05, 4.69) is 24.1 Å². The van der Waals surface area contributed by atoms with Crippen LogP contribution in [-0.2, 0) is 10.3 Å². The molecule has 0 saturated carbocycles. The Morgan fingerprint density at radius 1 is 1.16 bits per heavy atom. The second-order valence-electron chi connectivity index (χ2n) is 8.95. The smallest absolute Gasteiger partial charge is 0.410 e. The molecule has 1 amide bonds. The van der Waals surface area contributed by atoms with Crippen molar-refractivity contribution in [1.82, 2.24) is 9.88 Å². The van der Waals surface area contributed by atoms with Crippen LogP contribution in [0.4, 0.5) is 4.79 Å². The molecule has 0 unspecified atom stereocenters. The standard InChI is InChI=1S/C25H31ClN2O3/c1-6-25(5,22-12-11-19(26)17-27-22)30-21-10-8-7-9-20(21)18-13-15-28(16-14-18)23(29)31-24(2,3)4/h7-13,17H,6,14-16H2,1-5H3/t25-/m1/s1. The number of carbonyl (C=O) groups is 1. The Morgan fingerprint density at radius 2 is 1.90 bits per heavy atom. The molecule has 0 spiro atoms. The molecule has 1 aromatic carbocycles. The second-order valence-corrected chi connectivity index (χ2v) is 9.39. The molecule has 2 heterocycles. The third-order valence-corrected chi connectivity index (χ3v) is 5.60. The first-order valence-corrected chi connectivity index (χ1v) is 11.1. The van der Waals surface area contributed by atoms with E-state index in [1.54, 1.807) is 11.1 Å². The molecular weight excluding hydrogens is 412 g/mol. The Hall–Kier alpha value is -2.53. The number of para-hydroxylation sites is 1. The molecule has 3 rings (SSSR count). The maximum absolute atomic E-state index is 12.4. The van der Waals surface area contributed by atoms with E-state index in [1.807, 2.05) is 58.0 Å². The van der Waals surface area contributed by atoms with E-state index in [0.29, 0.717) is 18.1 Å². The van der Waals surface area contributed by atoms with Crippen molar-refractivity contribution >= 4 is 23.3 Å². The van der Waals surface area contributed by atoms with Crippen LogP contribution in [0.1, 0.15) is 58.7 Å². The van der Waals surface area contributed by atoms with Gasteiger partial charge < -0.3 is 14.4 Å². The first-order valence-electron chi connectivity index (χ1n) is 10.7. The van der Waals surface area contributed by atoms with E-state index >= 15 is 0 Å². The molecule has 1 aliphatic heterocycles. The van der Waals surface area contributed by atoms with Crippen LogP contribution in [0.15, 0.2) is 48.7 Å². The summed E-state index contributed by atoms with van der Waals surface area (Å²) < 4.78 is 12.0. The van der Waals surface area contributed by atoms with Crippen molar-refractivity contribution in [2.24, 2.45) is 0 Å². The normalized spacial score (nSPS) is 16.3. The van der Waals surface area contributed by atoms with Gasteiger partial charge in [-0.05, 0) is 64.3 Å². The fraction of sp³-hybridized carbons (Fsp3) is 0.440. The van der Waals surface area contributed by atoms with Gasteiger partial charge in [-0.1, -0.05) is 42.8 Å². The summed E-state index contributed by atoms with van der Waals surface area (Å²) in [6.45, 7) is 10.9. The van der Waals surface area contributed by atoms with Gasteiger partial charge in [-0.15, -0.1) is 0 Å². The predicted octanol–water partition coefficient (Wildman–Crippen LogP) is 6.46. The molecule has 2 aromatic rings. The molecule has 166 valence electrons. The van der Waals surface area contributed by atoms with Gasteiger partial charge in [0.1, 0.15) is 17.0 Å². The third kappa shape index (κ3) is 5.79. The molecular formula is C25H31ClN2O3. The minimum atomic E-state index is -0.585. The Kier molecular flexibility index (Phi) is 6.95. The van der Waals surface area contributed by atoms with E-state index < -0.39 is 11.2 Å². The van der Waals surface area contributed by atoms with Crippen molar-refractivity contribution in [3.8, 4) is 5.75 Å². The van der Waals surface area contributed by atoms with Gasteiger partial charge in [-0.25, -0.2) is 4.79 Å². The summed E-state index contributed by atoms with van der Waals surface area (Å²) in [7, 11) is 0. The number of ether oxygens (including phenoxy) is 2. The lowest BCUT2D eigenvalue weighted by Crippen LogP contribution is -2.39. The molecule has 0 radical (unpaired) electrons. The summed E-state index contributed by atoms with van der Waals surface area (Å²) in [6.07, 6.45) is 4.94. The molecule has 1 aliphatic rings. The van der Waals surface area contributed by atoms with E-state index in [0.717, 1.165) is 35.4 Å². The van der Waals surface area contributed by atoms with Gasteiger partial charge in [0, 0.05) is 24.8 Å². The van der Waals surface area contributed by atoms with Crippen LogP contribution in [0.3, 0.4) is 0 Å². The van der Waals surface area contributed by atoms with Crippen LogP contribution in [-0.4, -0.2) is 34.7 Å². The highest BCUT2D eigenvalue weighted by molar-refractivity contribution is 6.30. The Labute approximate surface area is 190 Å². The fourth-order valence-corrected chi connectivity index (χ4v) is 3.58. The Bertz CT molecular complexity index is 950. The average molecular weight is 443 g/mol. The third-order valence-electron chi connectivity index (χ3n) is 5.37.